The van der Waals surface area contributed by atoms with Gasteiger partial charge < -0.3 is 14.5 Å². The summed E-state index contributed by atoms with van der Waals surface area (Å²) in [7, 11) is 1.60. The average molecular weight is 394 g/mol. The van der Waals surface area contributed by atoms with Crippen LogP contribution in [0.3, 0.4) is 0 Å². The molecule has 0 bridgehead atoms. The van der Waals surface area contributed by atoms with Crippen LogP contribution in [0.2, 0.25) is 0 Å². The Labute approximate surface area is 170 Å². The van der Waals surface area contributed by atoms with Crippen molar-refractivity contribution in [2.45, 2.75) is 38.6 Å². The molecule has 3 heterocycles. The molecule has 2 aromatic rings. The van der Waals surface area contributed by atoms with Gasteiger partial charge in [-0.05, 0) is 31.0 Å². The van der Waals surface area contributed by atoms with Crippen LogP contribution in [0.1, 0.15) is 53.1 Å². The fourth-order valence-electron chi connectivity index (χ4n) is 4.11. The van der Waals surface area contributed by atoms with Crippen molar-refractivity contribution in [1.82, 2.24) is 19.8 Å². The van der Waals surface area contributed by atoms with Crippen molar-refractivity contribution in [2.24, 2.45) is 0 Å². The van der Waals surface area contributed by atoms with Gasteiger partial charge in [0.25, 0.3) is 5.91 Å². The number of fused-ring (bicyclic) bond motifs is 1. The third-order valence-corrected chi connectivity index (χ3v) is 5.79. The number of hydrogen-bond donors (Lipinski definition) is 0. The number of likely N-dealkylation sites (tertiary alicyclic amines) is 1. The summed E-state index contributed by atoms with van der Waals surface area (Å²) in [4.78, 5) is 37.7. The third-order valence-electron chi connectivity index (χ3n) is 5.79. The number of carbonyl (C=O) groups is 2. The van der Waals surface area contributed by atoms with Crippen molar-refractivity contribution in [1.29, 1.82) is 0 Å². The standard InChI is InChI=1S/C22H26N4O3/c1-15(27)25-10-8-20-18(14-25)12-23-21(24-20)17-6-4-9-26(13-17)22(28)16-5-3-7-19(11-16)29-2/h3,5,7,11-12,17H,4,6,8-10,13-14H2,1-2H3/t17-/m1/s1. The van der Waals surface area contributed by atoms with Gasteiger partial charge in [0.1, 0.15) is 11.6 Å². The van der Waals surface area contributed by atoms with Crippen LogP contribution in [0.25, 0.3) is 0 Å². The Bertz CT molecular complexity index is 930. The topological polar surface area (TPSA) is 75.6 Å². The summed E-state index contributed by atoms with van der Waals surface area (Å²) in [6.07, 6.45) is 4.51. The second-order valence-electron chi connectivity index (χ2n) is 7.71. The summed E-state index contributed by atoms with van der Waals surface area (Å²) in [6.45, 7) is 4.23. The van der Waals surface area contributed by atoms with E-state index in [1.807, 2.05) is 34.2 Å². The lowest BCUT2D eigenvalue weighted by atomic mass is 9.95. The van der Waals surface area contributed by atoms with Crippen LogP contribution < -0.4 is 4.74 Å². The second kappa shape index (κ2) is 8.19. The Balaban J connectivity index is 1.49. The van der Waals surface area contributed by atoms with Gasteiger partial charge in [-0.2, -0.15) is 0 Å². The van der Waals surface area contributed by atoms with Crippen molar-refractivity contribution in [3.05, 3.63) is 53.1 Å². The van der Waals surface area contributed by atoms with E-state index in [1.54, 1.807) is 20.1 Å². The first kappa shape index (κ1) is 19.4. The molecule has 1 aromatic carbocycles. The highest BCUT2D eigenvalue weighted by atomic mass is 16.5. The van der Waals surface area contributed by atoms with Crippen molar-refractivity contribution in [3.63, 3.8) is 0 Å². The summed E-state index contributed by atoms with van der Waals surface area (Å²) in [5.41, 5.74) is 2.69. The second-order valence-corrected chi connectivity index (χ2v) is 7.71. The largest absolute Gasteiger partial charge is 0.497 e. The van der Waals surface area contributed by atoms with E-state index >= 15 is 0 Å². The molecule has 0 spiro atoms. The molecule has 0 unspecified atom stereocenters. The SMILES string of the molecule is COc1cccc(C(=O)N2CCC[C@@H](c3ncc4c(n3)CCN(C(C)=O)C4)C2)c1. The number of methoxy groups -OCH3 is 1. The van der Waals surface area contributed by atoms with E-state index < -0.39 is 0 Å². The van der Waals surface area contributed by atoms with Gasteiger partial charge in [0, 0.05) is 62.8 Å². The van der Waals surface area contributed by atoms with Gasteiger partial charge in [0.05, 0.1) is 12.8 Å². The van der Waals surface area contributed by atoms with Gasteiger partial charge in [-0.15, -0.1) is 0 Å². The minimum atomic E-state index is 0.0173. The summed E-state index contributed by atoms with van der Waals surface area (Å²) >= 11 is 0. The Morgan fingerprint density at radius 2 is 2.07 bits per heavy atom. The van der Waals surface area contributed by atoms with Gasteiger partial charge in [0.2, 0.25) is 5.91 Å². The van der Waals surface area contributed by atoms with E-state index in [0.29, 0.717) is 30.9 Å². The maximum Gasteiger partial charge on any atom is 0.254 e. The van der Waals surface area contributed by atoms with Crippen LogP contribution in [-0.2, 0) is 17.8 Å². The van der Waals surface area contributed by atoms with E-state index in [2.05, 4.69) is 4.98 Å². The monoisotopic (exact) mass is 394 g/mol. The number of nitrogens with zero attached hydrogens (tertiary/aromatic N) is 4. The van der Waals surface area contributed by atoms with Crippen molar-refractivity contribution in [2.75, 3.05) is 26.7 Å². The van der Waals surface area contributed by atoms with E-state index in [0.717, 1.165) is 42.9 Å². The molecule has 29 heavy (non-hydrogen) atoms. The zero-order valence-electron chi connectivity index (χ0n) is 16.9. The van der Waals surface area contributed by atoms with Crippen molar-refractivity contribution >= 4 is 11.8 Å². The molecule has 1 aromatic heterocycles. The van der Waals surface area contributed by atoms with E-state index in [-0.39, 0.29) is 17.7 Å². The summed E-state index contributed by atoms with van der Waals surface area (Å²) in [6, 6.07) is 7.28. The van der Waals surface area contributed by atoms with E-state index in [4.69, 9.17) is 9.72 Å². The lowest BCUT2D eigenvalue weighted by Gasteiger charge is -2.33. The smallest absolute Gasteiger partial charge is 0.254 e. The fourth-order valence-corrected chi connectivity index (χ4v) is 4.11. The molecule has 7 nitrogen and oxygen atoms in total. The predicted molar refractivity (Wildman–Crippen MR) is 108 cm³/mol. The van der Waals surface area contributed by atoms with E-state index in [1.165, 1.54) is 0 Å². The molecule has 1 saturated heterocycles. The highest BCUT2D eigenvalue weighted by Crippen LogP contribution is 2.27. The number of aromatic nitrogens is 2. The highest BCUT2D eigenvalue weighted by molar-refractivity contribution is 5.94. The maximum absolute atomic E-state index is 13.0. The molecular weight excluding hydrogens is 368 g/mol. The first-order valence-electron chi connectivity index (χ1n) is 10.1. The molecule has 2 amide bonds. The van der Waals surface area contributed by atoms with Gasteiger partial charge in [-0.1, -0.05) is 6.07 Å². The molecular formula is C22H26N4O3. The Morgan fingerprint density at radius 1 is 1.21 bits per heavy atom. The quantitative estimate of drug-likeness (QED) is 0.799. The zero-order chi connectivity index (χ0) is 20.4. The molecule has 7 heteroatoms. The molecule has 1 atom stereocenters. The number of hydrogen-bond acceptors (Lipinski definition) is 5. The molecule has 4 rings (SSSR count). The van der Waals surface area contributed by atoms with Crippen LogP contribution in [0.4, 0.5) is 0 Å². The van der Waals surface area contributed by atoms with Crippen molar-refractivity contribution in [3.8, 4) is 5.75 Å². The van der Waals surface area contributed by atoms with Crippen molar-refractivity contribution < 1.29 is 14.3 Å². The number of rotatable bonds is 3. The maximum atomic E-state index is 13.0. The Morgan fingerprint density at radius 3 is 2.86 bits per heavy atom. The lowest BCUT2D eigenvalue weighted by molar-refractivity contribution is -0.129. The number of benzene rings is 1. The highest BCUT2D eigenvalue weighted by Gasteiger charge is 2.28. The number of carbonyl (C=O) groups excluding carboxylic acids is 2. The van der Waals surface area contributed by atoms with Gasteiger partial charge in [-0.25, -0.2) is 9.97 Å². The Kier molecular flexibility index (Phi) is 5.47. The third kappa shape index (κ3) is 4.09. The predicted octanol–water partition coefficient (Wildman–Crippen LogP) is 2.41. The van der Waals surface area contributed by atoms with Crippen LogP contribution >= 0.6 is 0 Å². The Hall–Kier alpha value is -2.96. The number of piperidine rings is 1. The van der Waals surface area contributed by atoms with Gasteiger partial charge >= 0.3 is 0 Å². The first-order valence-corrected chi connectivity index (χ1v) is 10.1. The molecule has 2 aliphatic heterocycles. The molecule has 152 valence electrons. The molecule has 2 aliphatic rings. The molecule has 0 aliphatic carbocycles. The van der Waals surface area contributed by atoms with Crippen LogP contribution in [0.5, 0.6) is 5.75 Å². The average Bonchev–Trinajstić information content (AvgIpc) is 2.78. The van der Waals surface area contributed by atoms with Gasteiger partial charge in [-0.3, -0.25) is 9.59 Å². The lowest BCUT2D eigenvalue weighted by Crippen LogP contribution is -2.40. The minimum Gasteiger partial charge on any atom is -0.497 e. The minimum absolute atomic E-state index is 0.0173. The van der Waals surface area contributed by atoms with Crippen LogP contribution in [0, 0.1) is 0 Å². The molecule has 0 saturated carbocycles. The summed E-state index contributed by atoms with van der Waals surface area (Å²) in [5.74, 6) is 1.72. The summed E-state index contributed by atoms with van der Waals surface area (Å²) < 4.78 is 5.24. The van der Waals surface area contributed by atoms with Gasteiger partial charge in [0.15, 0.2) is 0 Å². The first-order chi connectivity index (χ1) is 14.0. The van der Waals surface area contributed by atoms with Crippen LogP contribution in [-0.4, -0.2) is 58.3 Å². The normalized spacial score (nSPS) is 18.9. The van der Waals surface area contributed by atoms with E-state index in [9.17, 15) is 9.59 Å². The zero-order valence-corrected chi connectivity index (χ0v) is 16.9. The van der Waals surface area contributed by atoms with Crippen LogP contribution in [0.15, 0.2) is 30.5 Å². The summed E-state index contributed by atoms with van der Waals surface area (Å²) in [5, 5.41) is 0. The molecule has 0 N–H and O–H groups in total. The fraction of sp³-hybridized carbons (Fsp3) is 0.455. The molecule has 1 fully saturated rings. The molecule has 0 radical (unpaired) electrons. The number of amides is 2. The number of ether oxygens (including phenoxy) is 1.